The fourth-order valence-corrected chi connectivity index (χ4v) is 1.14. The third kappa shape index (κ3) is 1.90. The van der Waals surface area contributed by atoms with Gasteiger partial charge in [-0.15, -0.1) is 0 Å². The average Bonchev–Trinajstić information content (AvgIpc) is 2.03. The fraction of sp³-hybridized carbons (Fsp3) is 0.222. The molecule has 0 radical (unpaired) electrons. The lowest BCUT2D eigenvalue weighted by Gasteiger charge is -2.15. The van der Waals surface area contributed by atoms with E-state index >= 15 is 0 Å². The molecule has 0 heterocycles. The molecule has 0 fully saturated rings. The lowest BCUT2D eigenvalue weighted by Crippen LogP contribution is -2.18. The molecule has 1 aromatic rings. The highest BCUT2D eigenvalue weighted by molar-refractivity contribution is 5.99. The number of carbonyl (C=O) groups is 1. The summed E-state index contributed by atoms with van der Waals surface area (Å²) in [5.41, 5.74) is 12.5. The Morgan fingerprint density at radius 1 is 1.38 bits per heavy atom. The first kappa shape index (κ1) is 9.38. The number of nitrogens with two attached hydrogens (primary N) is 2. The molecule has 4 heteroatoms. The first-order valence-electron chi connectivity index (χ1n) is 3.89. The van der Waals surface area contributed by atoms with Crippen LogP contribution in [0.5, 0.6) is 0 Å². The van der Waals surface area contributed by atoms with E-state index in [4.69, 9.17) is 11.5 Å². The van der Waals surface area contributed by atoms with E-state index in [-0.39, 0.29) is 0 Å². The molecule has 0 aromatic heterocycles. The lowest BCUT2D eigenvalue weighted by atomic mass is 10.1. The summed E-state index contributed by atoms with van der Waals surface area (Å²) in [6, 6.07) is 5.09. The molecule has 70 valence electrons. The Balaban J connectivity index is 3.27. The van der Waals surface area contributed by atoms with Crippen LogP contribution in [0.3, 0.4) is 0 Å². The zero-order valence-electron chi connectivity index (χ0n) is 7.74. The van der Waals surface area contributed by atoms with E-state index in [9.17, 15) is 4.79 Å². The topological polar surface area (TPSA) is 72.3 Å². The third-order valence-corrected chi connectivity index (χ3v) is 1.77. The second-order valence-corrected chi connectivity index (χ2v) is 3.04. The monoisotopic (exact) mass is 179 g/mol. The second-order valence-electron chi connectivity index (χ2n) is 3.04. The van der Waals surface area contributed by atoms with Crippen LogP contribution in [0, 0.1) is 0 Å². The van der Waals surface area contributed by atoms with Gasteiger partial charge >= 0.3 is 0 Å². The van der Waals surface area contributed by atoms with E-state index in [0.29, 0.717) is 11.3 Å². The van der Waals surface area contributed by atoms with Crippen LogP contribution in [-0.2, 0) is 0 Å². The summed E-state index contributed by atoms with van der Waals surface area (Å²) in [4.78, 5) is 12.8. The number of nitrogens with zero attached hydrogens (tertiary/aromatic N) is 1. The van der Waals surface area contributed by atoms with Gasteiger partial charge in [0, 0.05) is 25.5 Å². The molecule has 0 aliphatic carbocycles. The average molecular weight is 179 g/mol. The standard InChI is InChI=1S/C9H13N3O/c1-12(2)8-4-3-6(10)5-7(8)9(11)13/h3-5H,10H2,1-2H3,(H2,11,13). The first-order chi connectivity index (χ1) is 6.02. The molecule has 0 spiro atoms. The maximum Gasteiger partial charge on any atom is 0.250 e. The third-order valence-electron chi connectivity index (χ3n) is 1.77. The largest absolute Gasteiger partial charge is 0.399 e. The molecule has 0 saturated carbocycles. The van der Waals surface area contributed by atoms with Crippen molar-refractivity contribution in [3.05, 3.63) is 23.8 Å². The van der Waals surface area contributed by atoms with E-state index in [1.54, 1.807) is 18.2 Å². The maximum atomic E-state index is 11.0. The SMILES string of the molecule is CN(C)c1ccc(N)cc1C(N)=O. The minimum absolute atomic E-state index is 0.449. The second kappa shape index (κ2) is 3.35. The van der Waals surface area contributed by atoms with Crippen molar-refractivity contribution in [1.29, 1.82) is 0 Å². The molecule has 4 nitrogen and oxygen atoms in total. The van der Waals surface area contributed by atoms with Gasteiger partial charge in [-0.25, -0.2) is 0 Å². The van der Waals surface area contributed by atoms with Crippen LogP contribution in [0.4, 0.5) is 11.4 Å². The van der Waals surface area contributed by atoms with E-state index in [2.05, 4.69) is 0 Å². The van der Waals surface area contributed by atoms with Crippen molar-refractivity contribution < 1.29 is 4.79 Å². The Hall–Kier alpha value is -1.71. The predicted molar refractivity (Wildman–Crippen MR) is 53.7 cm³/mol. The Kier molecular flexibility index (Phi) is 2.41. The summed E-state index contributed by atoms with van der Waals surface area (Å²) in [5.74, 6) is -0.462. The highest BCUT2D eigenvalue weighted by atomic mass is 16.1. The molecule has 1 amide bonds. The van der Waals surface area contributed by atoms with Gasteiger partial charge in [0.15, 0.2) is 0 Å². The summed E-state index contributed by atoms with van der Waals surface area (Å²) in [6.07, 6.45) is 0. The number of anilines is 2. The Labute approximate surface area is 77.1 Å². The van der Waals surface area contributed by atoms with Gasteiger partial charge in [0.05, 0.1) is 5.56 Å². The molecular weight excluding hydrogens is 166 g/mol. The van der Waals surface area contributed by atoms with Gasteiger partial charge in [-0.05, 0) is 18.2 Å². The van der Waals surface area contributed by atoms with Crippen molar-refractivity contribution in [1.82, 2.24) is 0 Å². The minimum atomic E-state index is -0.462. The van der Waals surface area contributed by atoms with Crippen LogP contribution >= 0.6 is 0 Å². The number of nitrogen functional groups attached to an aromatic ring is 1. The molecule has 0 aliphatic rings. The summed E-state index contributed by atoms with van der Waals surface area (Å²) >= 11 is 0. The smallest absolute Gasteiger partial charge is 0.250 e. The number of benzene rings is 1. The van der Waals surface area contributed by atoms with Crippen molar-refractivity contribution >= 4 is 17.3 Å². The Morgan fingerprint density at radius 3 is 2.46 bits per heavy atom. The number of hydrogen-bond acceptors (Lipinski definition) is 3. The molecule has 0 aliphatic heterocycles. The minimum Gasteiger partial charge on any atom is -0.399 e. The number of hydrogen-bond donors (Lipinski definition) is 2. The molecule has 4 N–H and O–H groups in total. The van der Waals surface area contributed by atoms with E-state index in [1.807, 2.05) is 19.0 Å². The molecular formula is C9H13N3O. The summed E-state index contributed by atoms with van der Waals surface area (Å²) in [5, 5.41) is 0. The molecule has 0 bridgehead atoms. The van der Waals surface area contributed by atoms with Crippen LogP contribution in [-0.4, -0.2) is 20.0 Å². The molecule has 0 saturated heterocycles. The van der Waals surface area contributed by atoms with Gasteiger partial charge in [-0.2, -0.15) is 0 Å². The normalized spacial score (nSPS) is 9.69. The zero-order valence-corrected chi connectivity index (χ0v) is 7.74. The van der Waals surface area contributed by atoms with Gasteiger partial charge < -0.3 is 16.4 Å². The van der Waals surface area contributed by atoms with Crippen LogP contribution < -0.4 is 16.4 Å². The molecule has 0 unspecified atom stereocenters. The predicted octanol–water partition coefficient (Wildman–Crippen LogP) is 0.434. The van der Waals surface area contributed by atoms with Gasteiger partial charge in [-0.1, -0.05) is 0 Å². The van der Waals surface area contributed by atoms with Gasteiger partial charge in [-0.3, -0.25) is 4.79 Å². The van der Waals surface area contributed by atoms with Crippen molar-refractivity contribution in [3.8, 4) is 0 Å². The highest BCUT2D eigenvalue weighted by Crippen LogP contribution is 2.20. The van der Waals surface area contributed by atoms with Crippen LogP contribution in [0.25, 0.3) is 0 Å². The van der Waals surface area contributed by atoms with Crippen molar-refractivity contribution in [2.75, 3.05) is 24.7 Å². The Morgan fingerprint density at radius 2 is 2.00 bits per heavy atom. The number of rotatable bonds is 2. The van der Waals surface area contributed by atoms with E-state index in [0.717, 1.165) is 5.69 Å². The van der Waals surface area contributed by atoms with Crippen molar-refractivity contribution in [2.45, 2.75) is 0 Å². The quantitative estimate of drug-likeness (QED) is 0.647. The summed E-state index contributed by atoms with van der Waals surface area (Å²) in [6.45, 7) is 0. The highest BCUT2D eigenvalue weighted by Gasteiger charge is 2.09. The van der Waals surface area contributed by atoms with Crippen LogP contribution in [0.2, 0.25) is 0 Å². The number of amides is 1. The van der Waals surface area contributed by atoms with Crippen molar-refractivity contribution in [3.63, 3.8) is 0 Å². The molecule has 1 rings (SSSR count). The number of carbonyl (C=O) groups excluding carboxylic acids is 1. The van der Waals surface area contributed by atoms with E-state index in [1.165, 1.54) is 0 Å². The van der Waals surface area contributed by atoms with Crippen molar-refractivity contribution in [2.24, 2.45) is 5.73 Å². The van der Waals surface area contributed by atoms with Gasteiger partial charge in [0.1, 0.15) is 0 Å². The molecule has 0 atom stereocenters. The van der Waals surface area contributed by atoms with E-state index < -0.39 is 5.91 Å². The van der Waals surface area contributed by atoms with Crippen LogP contribution in [0.1, 0.15) is 10.4 Å². The van der Waals surface area contributed by atoms with Crippen LogP contribution in [0.15, 0.2) is 18.2 Å². The van der Waals surface area contributed by atoms with Gasteiger partial charge in [0.25, 0.3) is 5.91 Å². The summed E-state index contributed by atoms with van der Waals surface area (Å²) < 4.78 is 0. The number of primary amides is 1. The summed E-state index contributed by atoms with van der Waals surface area (Å²) in [7, 11) is 3.69. The maximum absolute atomic E-state index is 11.0. The fourth-order valence-electron chi connectivity index (χ4n) is 1.14. The first-order valence-corrected chi connectivity index (χ1v) is 3.89. The zero-order chi connectivity index (χ0) is 10.0. The lowest BCUT2D eigenvalue weighted by molar-refractivity contribution is 0.100. The molecule has 1 aromatic carbocycles. The van der Waals surface area contributed by atoms with Gasteiger partial charge in [0.2, 0.25) is 0 Å². The Bertz CT molecular complexity index is 334. The molecule has 13 heavy (non-hydrogen) atoms.